The van der Waals surface area contributed by atoms with Crippen LogP contribution in [0.25, 0.3) is 56.0 Å². The van der Waals surface area contributed by atoms with E-state index in [1.165, 1.54) is 66.1 Å². The summed E-state index contributed by atoms with van der Waals surface area (Å²) >= 11 is 0. The van der Waals surface area contributed by atoms with Crippen molar-refractivity contribution in [1.82, 2.24) is 0 Å². The number of aryl methyl sites for hydroxylation is 2. The lowest BCUT2D eigenvalue weighted by Gasteiger charge is -2.24. The van der Waals surface area contributed by atoms with Gasteiger partial charge in [-0.1, -0.05) is 97.1 Å². The van der Waals surface area contributed by atoms with Gasteiger partial charge in [0.2, 0.25) is 0 Å². The Labute approximate surface area is 177 Å². The van der Waals surface area contributed by atoms with Gasteiger partial charge in [-0.2, -0.15) is 0 Å². The Morgan fingerprint density at radius 1 is 0.367 bits per heavy atom. The van der Waals surface area contributed by atoms with Crippen LogP contribution in [0.15, 0.2) is 84.9 Å². The van der Waals surface area contributed by atoms with Crippen LogP contribution in [0.5, 0.6) is 0 Å². The molecule has 0 bridgehead atoms. The van der Waals surface area contributed by atoms with Gasteiger partial charge >= 0.3 is 0 Å². The molecule has 0 aliphatic heterocycles. The Hall–Kier alpha value is -3.64. The van der Waals surface area contributed by atoms with Crippen molar-refractivity contribution in [3.8, 4) is 22.3 Å². The molecule has 0 radical (unpaired) electrons. The lowest BCUT2D eigenvalue weighted by Crippen LogP contribution is -1.99. The third-order valence-corrected chi connectivity index (χ3v) is 6.49. The molecule has 142 valence electrons. The minimum absolute atomic E-state index is 1.28. The first-order valence-corrected chi connectivity index (χ1v) is 10.6. The van der Waals surface area contributed by atoms with Crippen LogP contribution in [0, 0.1) is 13.8 Å². The summed E-state index contributed by atoms with van der Waals surface area (Å²) in [5.41, 5.74) is 10.6. The first-order valence-electron chi connectivity index (χ1n) is 10.6. The van der Waals surface area contributed by atoms with Crippen molar-refractivity contribution in [3.05, 3.63) is 107 Å². The van der Waals surface area contributed by atoms with Crippen LogP contribution in [0.4, 0.5) is 0 Å². The Kier molecular flexibility index (Phi) is 3.70. The number of benzene rings is 5. The van der Waals surface area contributed by atoms with Crippen molar-refractivity contribution in [2.24, 2.45) is 0 Å². The molecule has 1 aliphatic rings. The van der Waals surface area contributed by atoms with Crippen LogP contribution in [-0.2, 0) is 0 Å². The Bertz CT molecular complexity index is 1380. The second-order valence-electron chi connectivity index (χ2n) is 8.25. The molecular formula is C30H22. The highest BCUT2D eigenvalue weighted by Crippen LogP contribution is 2.49. The summed E-state index contributed by atoms with van der Waals surface area (Å²) in [4.78, 5) is 0. The summed E-state index contributed by atoms with van der Waals surface area (Å²) < 4.78 is 0. The van der Waals surface area contributed by atoms with E-state index >= 15 is 0 Å². The van der Waals surface area contributed by atoms with Crippen molar-refractivity contribution < 1.29 is 0 Å². The average Bonchev–Trinajstić information content (AvgIpc) is 2.76. The van der Waals surface area contributed by atoms with E-state index in [0.29, 0.717) is 0 Å². The zero-order valence-corrected chi connectivity index (χ0v) is 17.2. The monoisotopic (exact) mass is 382 g/mol. The van der Waals surface area contributed by atoms with Crippen LogP contribution in [0.2, 0.25) is 0 Å². The molecule has 0 amide bonds. The predicted octanol–water partition coefficient (Wildman–Crippen LogP) is 8.43. The molecule has 1 aliphatic carbocycles. The maximum Gasteiger partial charge on any atom is -0.00113 e. The molecule has 0 saturated carbocycles. The van der Waals surface area contributed by atoms with E-state index in [4.69, 9.17) is 0 Å². The molecule has 0 spiro atoms. The molecule has 5 aromatic carbocycles. The van der Waals surface area contributed by atoms with Crippen molar-refractivity contribution >= 4 is 33.7 Å². The normalized spacial score (nSPS) is 13.3. The largest absolute Gasteiger partial charge is 0.0616 e. The predicted molar refractivity (Wildman–Crippen MR) is 131 cm³/mol. The van der Waals surface area contributed by atoms with Gasteiger partial charge in [0.05, 0.1) is 0 Å². The highest BCUT2D eigenvalue weighted by Gasteiger charge is 2.23. The van der Waals surface area contributed by atoms with E-state index in [-0.39, 0.29) is 0 Å². The molecule has 6 rings (SSSR count). The van der Waals surface area contributed by atoms with E-state index in [0.717, 1.165) is 0 Å². The van der Waals surface area contributed by atoms with Gasteiger partial charge in [0.1, 0.15) is 0 Å². The van der Waals surface area contributed by atoms with E-state index in [2.05, 4.69) is 111 Å². The minimum atomic E-state index is 1.28. The van der Waals surface area contributed by atoms with E-state index in [1.807, 2.05) is 0 Å². The number of fused-ring (bicyclic) bond motifs is 10. The van der Waals surface area contributed by atoms with Crippen LogP contribution in [0.1, 0.15) is 22.3 Å². The smallest absolute Gasteiger partial charge is 0.00113 e. The maximum absolute atomic E-state index is 2.29. The number of hydrogen-bond donors (Lipinski definition) is 0. The molecule has 30 heavy (non-hydrogen) atoms. The van der Waals surface area contributed by atoms with Gasteiger partial charge in [-0.3, -0.25) is 0 Å². The van der Waals surface area contributed by atoms with Crippen molar-refractivity contribution in [1.29, 1.82) is 0 Å². The summed E-state index contributed by atoms with van der Waals surface area (Å²) in [6, 6.07) is 31.1. The Morgan fingerprint density at radius 2 is 0.767 bits per heavy atom. The van der Waals surface area contributed by atoms with Gasteiger partial charge < -0.3 is 0 Å². The fourth-order valence-electron chi connectivity index (χ4n) is 5.18. The second-order valence-corrected chi connectivity index (χ2v) is 8.25. The van der Waals surface area contributed by atoms with Crippen LogP contribution < -0.4 is 0 Å². The van der Waals surface area contributed by atoms with Crippen molar-refractivity contribution in [2.75, 3.05) is 0 Å². The highest BCUT2D eigenvalue weighted by molar-refractivity contribution is 6.23. The van der Waals surface area contributed by atoms with Crippen LogP contribution >= 0.6 is 0 Å². The van der Waals surface area contributed by atoms with E-state index in [1.54, 1.807) is 0 Å². The van der Waals surface area contributed by atoms with Gasteiger partial charge in [0.15, 0.2) is 0 Å². The maximum atomic E-state index is 2.29. The number of rotatable bonds is 0. The van der Waals surface area contributed by atoms with Crippen LogP contribution in [-0.4, -0.2) is 0 Å². The van der Waals surface area contributed by atoms with Gasteiger partial charge in [-0.15, -0.1) is 0 Å². The molecule has 5 aromatic rings. The number of hydrogen-bond acceptors (Lipinski definition) is 0. The molecule has 0 fully saturated rings. The first-order chi connectivity index (χ1) is 14.7. The van der Waals surface area contributed by atoms with Crippen molar-refractivity contribution in [3.63, 3.8) is 0 Å². The molecule has 0 atom stereocenters. The fraction of sp³-hybridized carbons (Fsp3) is 0.0667. The fourth-order valence-corrected chi connectivity index (χ4v) is 5.18. The lowest BCUT2D eigenvalue weighted by atomic mass is 9.78. The summed E-state index contributed by atoms with van der Waals surface area (Å²) in [6.45, 7) is 4.47. The average molecular weight is 383 g/mol. The topological polar surface area (TPSA) is 0 Å². The molecule has 0 nitrogen and oxygen atoms in total. The standard InChI is InChI=1S/C30H22/c1-19-9-7-11-21-17-18-22-12-8-10-20(2)28(22)30-26-16-6-4-14-24(26)23-13-3-5-15-25(23)29(30)27(19)21/h3-18H,1-2H3/b18-17-,21-17?,22-18?,29-27?,30-28?. The van der Waals surface area contributed by atoms with Gasteiger partial charge in [-0.25, -0.2) is 0 Å². The Morgan fingerprint density at radius 3 is 1.20 bits per heavy atom. The Balaban J connectivity index is 1.99. The quantitative estimate of drug-likeness (QED) is 0.231. The van der Waals surface area contributed by atoms with Gasteiger partial charge in [-0.05, 0) is 79.9 Å². The lowest BCUT2D eigenvalue weighted by molar-refractivity contribution is 1.43. The summed E-state index contributed by atoms with van der Waals surface area (Å²) in [5, 5.41) is 5.29. The minimum Gasteiger partial charge on any atom is -0.0616 e. The molecule has 0 aromatic heterocycles. The molecule has 0 heteroatoms. The van der Waals surface area contributed by atoms with E-state index in [9.17, 15) is 0 Å². The third kappa shape index (κ3) is 2.34. The molecule has 0 saturated heterocycles. The molecule has 0 unspecified atom stereocenters. The highest BCUT2D eigenvalue weighted by atomic mass is 14.3. The second kappa shape index (κ2) is 6.43. The summed E-state index contributed by atoms with van der Waals surface area (Å²) in [7, 11) is 0. The summed E-state index contributed by atoms with van der Waals surface area (Å²) in [5.74, 6) is 0. The molecular weight excluding hydrogens is 360 g/mol. The summed E-state index contributed by atoms with van der Waals surface area (Å²) in [6.07, 6.45) is 4.57. The third-order valence-electron chi connectivity index (χ3n) is 6.49. The van der Waals surface area contributed by atoms with Crippen molar-refractivity contribution in [2.45, 2.75) is 13.8 Å². The zero-order valence-electron chi connectivity index (χ0n) is 17.2. The molecule has 0 N–H and O–H groups in total. The SMILES string of the molecule is Cc1cccc2c1-c1c(c3ccccc3c3ccccc13)-c1c(C)cccc1/C=C\2. The van der Waals surface area contributed by atoms with Crippen LogP contribution in [0.3, 0.4) is 0 Å². The van der Waals surface area contributed by atoms with Gasteiger partial charge in [0, 0.05) is 0 Å². The molecule has 0 heterocycles. The zero-order chi connectivity index (χ0) is 20.2. The van der Waals surface area contributed by atoms with Gasteiger partial charge in [0.25, 0.3) is 0 Å². The van der Waals surface area contributed by atoms with E-state index < -0.39 is 0 Å². The first kappa shape index (κ1) is 17.2.